The Morgan fingerprint density at radius 2 is 1.83 bits per heavy atom. The molecular weight excluding hydrogens is 368 g/mol. The number of benzene rings is 1. The first-order chi connectivity index (χ1) is 13.8. The van der Waals surface area contributed by atoms with E-state index >= 15 is 0 Å². The summed E-state index contributed by atoms with van der Waals surface area (Å²) in [4.78, 5) is 27.4. The van der Waals surface area contributed by atoms with Crippen molar-refractivity contribution in [3.8, 4) is 11.5 Å². The van der Waals surface area contributed by atoms with Crippen molar-refractivity contribution in [2.75, 3.05) is 21.3 Å². The van der Waals surface area contributed by atoms with Gasteiger partial charge in [-0.15, -0.1) is 0 Å². The zero-order valence-corrected chi connectivity index (χ0v) is 17.9. The maximum absolute atomic E-state index is 13.7. The number of methoxy groups -OCH3 is 2. The molecule has 158 valence electrons. The summed E-state index contributed by atoms with van der Waals surface area (Å²) in [7, 11) is 5.12. The number of rotatable bonds is 6. The highest BCUT2D eigenvalue weighted by Gasteiger charge is 2.61. The van der Waals surface area contributed by atoms with Crippen LogP contribution in [-0.4, -0.2) is 43.5 Å². The minimum atomic E-state index is -0.354. The average Bonchev–Trinajstić information content (AvgIpc) is 2.64. The van der Waals surface area contributed by atoms with Crippen molar-refractivity contribution >= 4 is 11.8 Å². The maximum atomic E-state index is 13.7. The molecule has 1 aromatic carbocycles. The summed E-state index contributed by atoms with van der Waals surface area (Å²) >= 11 is 0. The Morgan fingerprint density at radius 3 is 2.41 bits per heavy atom. The third-order valence-corrected chi connectivity index (χ3v) is 7.19. The van der Waals surface area contributed by atoms with Gasteiger partial charge >= 0.3 is 0 Å². The second-order valence-corrected chi connectivity index (χ2v) is 9.52. The zero-order valence-electron chi connectivity index (χ0n) is 17.9. The fourth-order valence-corrected chi connectivity index (χ4v) is 6.84. The molecule has 0 saturated heterocycles. The first kappa shape index (κ1) is 20.0. The lowest BCUT2D eigenvalue weighted by Gasteiger charge is -2.61. The van der Waals surface area contributed by atoms with Crippen LogP contribution in [0.4, 0.5) is 0 Å². The standard InChI is InChI=1S/C23H32N2O4/c1-15(26)24-23-11-16-8-17(12-23)10-22(9-16,14-23)21(27)25(2)13-18-6-5-7-19(28-3)20(18)29-4/h5-7,16-17H,8-14H2,1-4H3,(H,24,26)/t16-,17+,22?,23?. The van der Waals surface area contributed by atoms with E-state index in [0.29, 0.717) is 29.9 Å². The summed E-state index contributed by atoms with van der Waals surface area (Å²) in [5, 5.41) is 3.24. The van der Waals surface area contributed by atoms with Gasteiger partial charge in [0.25, 0.3) is 0 Å². The molecule has 29 heavy (non-hydrogen) atoms. The van der Waals surface area contributed by atoms with Gasteiger partial charge in [-0.25, -0.2) is 0 Å². The Balaban J connectivity index is 1.57. The van der Waals surface area contributed by atoms with Gasteiger partial charge in [-0.2, -0.15) is 0 Å². The van der Waals surface area contributed by atoms with Crippen LogP contribution in [0.5, 0.6) is 11.5 Å². The molecule has 0 aromatic heterocycles. The van der Waals surface area contributed by atoms with Crippen LogP contribution in [0, 0.1) is 17.3 Å². The average molecular weight is 401 g/mol. The van der Waals surface area contributed by atoms with Crippen LogP contribution in [0.1, 0.15) is 51.0 Å². The van der Waals surface area contributed by atoms with E-state index in [4.69, 9.17) is 9.47 Å². The van der Waals surface area contributed by atoms with Gasteiger partial charge in [-0.05, 0) is 56.4 Å². The molecule has 4 atom stereocenters. The van der Waals surface area contributed by atoms with Gasteiger partial charge in [0.15, 0.2) is 11.5 Å². The third-order valence-electron chi connectivity index (χ3n) is 7.19. The Labute approximate surface area is 172 Å². The van der Waals surface area contributed by atoms with E-state index in [1.54, 1.807) is 21.1 Å². The second kappa shape index (κ2) is 7.22. The minimum absolute atomic E-state index is 0.0176. The Morgan fingerprint density at radius 1 is 1.14 bits per heavy atom. The van der Waals surface area contributed by atoms with Crippen molar-refractivity contribution < 1.29 is 19.1 Å². The van der Waals surface area contributed by atoms with E-state index in [1.165, 1.54) is 6.42 Å². The van der Waals surface area contributed by atoms with Crippen molar-refractivity contribution in [1.82, 2.24) is 10.2 Å². The number of ether oxygens (including phenoxy) is 2. The molecule has 6 nitrogen and oxygen atoms in total. The molecule has 4 aliphatic rings. The zero-order chi connectivity index (χ0) is 20.8. The number of nitrogens with zero attached hydrogens (tertiary/aromatic N) is 1. The number of hydrogen-bond acceptors (Lipinski definition) is 4. The summed E-state index contributed by atoms with van der Waals surface area (Å²) in [5.41, 5.74) is 0.386. The molecule has 2 unspecified atom stereocenters. The minimum Gasteiger partial charge on any atom is -0.493 e. The van der Waals surface area contributed by atoms with Crippen molar-refractivity contribution in [2.45, 2.75) is 57.5 Å². The molecule has 4 bridgehead atoms. The largest absolute Gasteiger partial charge is 0.493 e. The lowest BCUT2D eigenvalue weighted by Crippen LogP contribution is -2.65. The number of hydrogen-bond donors (Lipinski definition) is 1. The fraction of sp³-hybridized carbons (Fsp3) is 0.652. The van der Waals surface area contributed by atoms with Gasteiger partial charge in [0, 0.05) is 31.6 Å². The van der Waals surface area contributed by atoms with Gasteiger partial charge in [0.2, 0.25) is 11.8 Å². The van der Waals surface area contributed by atoms with Crippen LogP contribution in [-0.2, 0) is 16.1 Å². The van der Waals surface area contributed by atoms with E-state index in [9.17, 15) is 9.59 Å². The summed E-state index contributed by atoms with van der Waals surface area (Å²) in [6.07, 6.45) is 5.90. The van der Waals surface area contributed by atoms with Crippen LogP contribution >= 0.6 is 0 Å². The highest BCUT2D eigenvalue weighted by atomic mass is 16.5. The van der Waals surface area contributed by atoms with E-state index in [0.717, 1.165) is 37.7 Å². The second-order valence-electron chi connectivity index (χ2n) is 9.52. The normalized spacial score (nSPS) is 32.0. The molecule has 1 aromatic rings. The van der Waals surface area contributed by atoms with Crippen LogP contribution in [0.2, 0.25) is 0 Å². The quantitative estimate of drug-likeness (QED) is 0.797. The lowest BCUT2D eigenvalue weighted by molar-refractivity contribution is -0.162. The van der Waals surface area contributed by atoms with E-state index in [2.05, 4.69) is 5.32 Å². The smallest absolute Gasteiger partial charge is 0.228 e. The highest BCUT2D eigenvalue weighted by molar-refractivity contribution is 5.84. The van der Waals surface area contributed by atoms with Crippen LogP contribution in [0.25, 0.3) is 0 Å². The van der Waals surface area contributed by atoms with Crippen molar-refractivity contribution in [3.05, 3.63) is 23.8 Å². The molecular formula is C23H32N2O4. The molecule has 0 heterocycles. The molecule has 2 amide bonds. The number of nitrogens with one attached hydrogen (secondary N) is 1. The molecule has 4 aliphatic carbocycles. The van der Waals surface area contributed by atoms with Gasteiger partial charge < -0.3 is 19.7 Å². The molecule has 0 aliphatic heterocycles. The van der Waals surface area contributed by atoms with E-state index < -0.39 is 0 Å². The monoisotopic (exact) mass is 400 g/mol. The van der Waals surface area contributed by atoms with Crippen LogP contribution in [0.3, 0.4) is 0 Å². The van der Waals surface area contributed by atoms with Gasteiger partial charge in [0.05, 0.1) is 19.6 Å². The summed E-state index contributed by atoms with van der Waals surface area (Å²) < 4.78 is 10.9. The van der Waals surface area contributed by atoms with Crippen molar-refractivity contribution in [2.24, 2.45) is 17.3 Å². The highest BCUT2D eigenvalue weighted by Crippen LogP contribution is 2.62. The van der Waals surface area contributed by atoms with Gasteiger partial charge in [-0.1, -0.05) is 12.1 Å². The third kappa shape index (κ3) is 3.47. The topological polar surface area (TPSA) is 67.9 Å². The summed E-state index contributed by atoms with van der Waals surface area (Å²) in [6, 6.07) is 5.76. The van der Waals surface area contributed by atoms with Gasteiger partial charge in [-0.3, -0.25) is 9.59 Å². The van der Waals surface area contributed by atoms with E-state index in [1.807, 2.05) is 30.1 Å². The predicted octanol–water partition coefficient (Wildman–Crippen LogP) is 3.14. The first-order valence-corrected chi connectivity index (χ1v) is 10.5. The molecule has 4 fully saturated rings. The van der Waals surface area contributed by atoms with Crippen LogP contribution < -0.4 is 14.8 Å². The Kier molecular flexibility index (Phi) is 4.99. The van der Waals surface area contributed by atoms with Gasteiger partial charge in [0.1, 0.15) is 0 Å². The van der Waals surface area contributed by atoms with Crippen molar-refractivity contribution in [1.29, 1.82) is 0 Å². The van der Waals surface area contributed by atoms with Crippen molar-refractivity contribution in [3.63, 3.8) is 0 Å². The number of carbonyl (C=O) groups excluding carboxylic acids is 2. The maximum Gasteiger partial charge on any atom is 0.228 e. The predicted molar refractivity (Wildman–Crippen MR) is 110 cm³/mol. The fourth-order valence-electron chi connectivity index (χ4n) is 6.84. The Bertz CT molecular complexity index is 807. The molecule has 1 N–H and O–H groups in total. The number of carbonyl (C=O) groups is 2. The Hall–Kier alpha value is -2.24. The summed E-state index contributed by atoms with van der Waals surface area (Å²) in [5.74, 6) is 2.63. The summed E-state index contributed by atoms with van der Waals surface area (Å²) in [6.45, 7) is 2.07. The molecule has 4 saturated carbocycles. The molecule has 0 radical (unpaired) electrons. The molecule has 5 rings (SSSR count). The number of amides is 2. The SMILES string of the molecule is COc1cccc(CN(C)C(=O)C23C[C@@H]4C[C@@H](CC(NC(C)=O)(C4)C2)C3)c1OC. The molecule has 6 heteroatoms. The van der Waals surface area contributed by atoms with Crippen LogP contribution in [0.15, 0.2) is 18.2 Å². The molecule has 0 spiro atoms. The van der Waals surface area contributed by atoms with E-state index in [-0.39, 0.29) is 22.8 Å². The lowest BCUT2D eigenvalue weighted by atomic mass is 9.46. The number of para-hydroxylation sites is 1. The first-order valence-electron chi connectivity index (χ1n) is 10.5.